The highest BCUT2D eigenvalue weighted by Crippen LogP contribution is 2.47. The van der Waals surface area contributed by atoms with E-state index < -0.39 is 27.3 Å². The summed E-state index contributed by atoms with van der Waals surface area (Å²) in [7, 11) is -4.04. The number of hydrogen-bond acceptors (Lipinski definition) is 7. The van der Waals surface area contributed by atoms with Crippen molar-refractivity contribution in [1.29, 1.82) is 0 Å². The lowest BCUT2D eigenvalue weighted by atomic mass is 9.68. The molecule has 46 heavy (non-hydrogen) atoms. The van der Waals surface area contributed by atoms with Crippen LogP contribution in [0.3, 0.4) is 0 Å². The Kier molecular flexibility index (Phi) is 8.72. The van der Waals surface area contributed by atoms with Crippen LogP contribution < -0.4 is 14.4 Å². The number of hydrogen-bond donors (Lipinski definition) is 2. The molecule has 6 atom stereocenters. The minimum atomic E-state index is -4.04. The first-order valence-electron chi connectivity index (χ1n) is 16.4. The molecule has 7 nitrogen and oxygen atoms in total. The number of thiophene rings is 1. The van der Waals surface area contributed by atoms with E-state index in [-0.39, 0.29) is 28.7 Å². The van der Waals surface area contributed by atoms with Gasteiger partial charge in [0, 0.05) is 40.4 Å². The highest BCUT2D eigenvalue weighted by atomic mass is 35.5. The van der Waals surface area contributed by atoms with Crippen LogP contribution in [0.2, 0.25) is 5.02 Å². The first-order valence-corrected chi connectivity index (χ1v) is 19.2. The molecule has 3 aromatic rings. The Bertz CT molecular complexity index is 1740. The van der Waals surface area contributed by atoms with Gasteiger partial charge in [-0.3, -0.25) is 4.79 Å². The second-order valence-electron chi connectivity index (χ2n) is 13.7. The third kappa shape index (κ3) is 6.12. The number of benzene rings is 2. The van der Waals surface area contributed by atoms with Gasteiger partial charge >= 0.3 is 0 Å². The summed E-state index contributed by atoms with van der Waals surface area (Å²) in [6.45, 7) is 3.79. The second kappa shape index (κ2) is 12.6. The molecular weight excluding hydrogens is 640 g/mol. The number of nitrogens with zero attached hydrogens (tertiary/aromatic N) is 1. The minimum absolute atomic E-state index is 0.109. The lowest BCUT2D eigenvalue weighted by Crippen LogP contribution is -2.49. The summed E-state index contributed by atoms with van der Waals surface area (Å²) in [6, 6.07) is 15.3. The molecule has 2 bridgehead atoms. The number of fused-ring (bicyclic) bond motifs is 4. The third-order valence-electron chi connectivity index (χ3n) is 10.8. The molecular formula is C36H41ClN2O5S2. The number of rotatable bonds is 2. The molecule has 1 saturated carbocycles. The second-order valence-corrected chi connectivity index (χ2v) is 17.1. The first-order chi connectivity index (χ1) is 22.1. The summed E-state index contributed by atoms with van der Waals surface area (Å²) in [5.41, 5.74) is 3.30. The summed E-state index contributed by atoms with van der Waals surface area (Å²) >= 11 is 7.92. The van der Waals surface area contributed by atoms with E-state index in [9.17, 15) is 18.3 Å². The Morgan fingerprint density at radius 2 is 2.04 bits per heavy atom. The standard InChI is InChI=1S/C36H41ClN2O5S2/c1-23-5-2-8-32(40)29-12-9-26(29)20-39-21-36(15-3-6-24-17-27(37)11-13-30(24)36)22-44-33-14-10-25(18-31(33)39)35(41)38-46(42,43)34(23)19-28-7-4-16-45-28/h2,4,7-8,10-11,13-14,16-18,23,26,29,32,34,40H,3,5-6,9,12,15,19-22H2,1H3,(H,38,41)/b8-2-/t23-,26+,29-,32+,34-,36+/m1/s1. The number of ether oxygens (including phenoxy) is 1. The molecule has 4 aliphatic rings. The number of aryl methyl sites for hydroxylation is 1. The number of halogens is 1. The normalized spacial score (nSPS) is 31.4. The van der Waals surface area contributed by atoms with E-state index in [1.807, 2.05) is 42.7 Å². The first kappa shape index (κ1) is 31.7. The van der Waals surface area contributed by atoms with Gasteiger partial charge in [-0.25, -0.2) is 13.1 Å². The van der Waals surface area contributed by atoms with Gasteiger partial charge in [-0.05, 0) is 109 Å². The predicted octanol–water partition coefficient (Wildman–Crippen LogP) is 6.53. The monoisotopic (exact) mass is 680 g/mol. The Hall–Kier alpha value is -2.85. The van der Waals surface area contributed by atoms with Crippen LogP contribution in [0.25, 0.3) is 0 Å². The number of aliphatic hydroxyl groups excluding tert-OH is 1. The van der Waals surface area contributed by atoms with Gasteiger partial charge in [-0.15, -0.1) is 11.3 Å². The quantitative estimate of drug-likeness (QED) is 0.299. The number of sulfonamides is 1. The third-order valence-corrected chi connectivity index (χ3v) is 13.8. The summed E-state index contributed by atoms with van der Waals surface area (Å²) in [4.78, 5) is 17.0. The molecule has 0 saturated heterocycles. The zero-order valence-electron chi connectivity index (χ0n) is 26.0. The Morgan fingerprint density at radius 1 is 1.17 bits per heavy atom. The highest BCUT2D eigenvalue weighted by Gasteiger charge is 2.44. The van der Waals surface area contributed by atoms with Crippen LogP contribution in [0, 0.1) is 17.8 Å². The van der Waals surface area contributed by atoms with Gasteiger partial charge in [-0.1, -0.05) is 42.8 Å². The van der Waals surface area contributed by atoms with E-state index in [4.69, 9.17) is 16.3 Å². The molecule has 0 radical (unpaired) electrons. The van der Waals surface area contributed by atoms with Gasteiger partial charge in [0.25, 0.3) is 5.91 Å². The zero-order valence-corrected chi connectivity index (χ0v) is 28.4. The molecule has 2 aromatic carbocycles. The van der Waals surface area contributed by atoms with Crippen LogP contribution in [0.15, 0.2) is 66.1 Å². The molecule has 1 spiro atoms. The lowest BCUT2D eigenvalue weighted by molar-refractivity contribution is 0.0456. The number of nitrogens with one attached hydrogen (secondary N) is 1. The minimum Gasteiger partial charge on any atom is -0.490 e. The molecule has 244 valence electrons. The predicted molar refractivity (Wildman–Crippen MR) is 184 cm³/mol. The average Bonchev–Trinajstić information content (AvgIpc) is 3.47. The summed E-state index contributed by atoms with van der Waals surface area (Å²) < 4.78 is 36.7. The maximum Gasteiger partial charge on any atom is 0.264 e. The number of amides is 1. The average molecular weight is 681 g/mol. The molecule has 2 aliphatic carbocycles. The lowest BCUT2D eigenvalue weighted by Gasteiger charge is -2.45. The van der Waals surface area contributed by atoms with Crippen molar-refractivity contribution < 1.29 is 23.1 Å². The van der Waals surface area contributed by atoms with Gasteiger partial charge in [0.2, 0.25) is 10.0 Å². The molecule has 7 rings (SSSR count). The Balaban J connectivity index is 1.28. The van der Waals surface area contributed by atoms with Gasteiger partial charge in [0.1, 0.15) is 5.75 Å². The SMILES string of the molecule is C[C@@H]1C/C=C\[C@H](O)[C@@H]2CC[C@H]2CN2C[C@@]3(CCCc4cc(Cl)ccc43)COc3ccc(cc32)C(=O)NS(=O)(=O)[C@@H]1Cc1cccs1. The van der Waals surface area contributed by atoms with E-state index in [1.54, 1.807) is 18.2 Å². The van der Waals surface area contributed by atoms with E-state index >= 15 is 0 Å². The fraction of sp³-hybridized carbons (Fsp3) is 0.472. The van der Waals surface area contributed by atoms with E-state index in [0.29, 0.717) is 38.3 Å². The smallest absolute Gasteiger partial charge is 0.264 e. The number of aliphatic hydroxyl groups is 1. The van der Waals surface area contributed by atoms with Gasteiger partial charge in [0.15, 0.2) is 0 Å². The van der Waals surface area contributed by atoms with Crippen molar-refractivity contribution in [2.45, 2.75) is 68.6 Å². The molecule has 2 N–H and O–H groups in total. The number of anilines is 1. The summed E-state index contributed by atoms with van der Waals surface area (Å²) in [6.07, 6.45) is 8.86. The van der Waals surface area contributed by atoms with Crippen molar-refractivity contribution in [3.8, 4) is 5.75 Å². The van der Waals surface area contributed by atoms with Crippen LogP contribution >= 0.6 is 22.9 Å². The molecule has 3 heterocycles. The molecule has 10 heteroatoms. The maximum absolute atomic E-state index is 13.9. The maximum atomic E-state index is 13.9. The van der Waals surface area contributed by atoms with Crippen LogP contribution in [0.1, 0.15) is 65.4 Å². The van der Waals surface area contributed by atoms with Crippen LogP contribution in [0.4, 0.5) is 5.69 Å². The van der Waals surface area contributed by atoms with Crippen molar-refractivity contribution in [3.05, 3.63) is 92.7 Å². The van der Waals surface area contributed by atoms with Gasteiger partial charge in [-0.2, -0.15) is 0 Å². The van der Waals surface area contributed by atoms with Crippen LogP contribution in [-0.4, -0.2) is 50.5 Å². The Morgan fingerprint density at radius 3 is 2.83 bits per heavy atom. The Labute approximate surface area is 280 Å². The largest absolute Gasteiger partial charge is 0.490 e. The van der Waals surface area contributed by atoms with Crippen molar-refractivity contribution in [2.75, 3.05) is 24.6 Å². The number of carbonyl (C=O) groups excluding carboxylic acids is 1. The molecule has 2 aliphatic heterocycles. The van der Waals surface area contributed by atoms with E-state index in [1.165, 1.54) is 22.5 Å². The van der Waals surface area contributed by atoms with Gasteiger partial charge in [0.05, 0.1) is 23.6 Å². The van der Waals surface area contributed by atoms with Crippen LogP contribution in [0.5, 0.6) is 5.75 Å². The van der Waals surface area contributed by atoms with Crippen molar-refractivity contribution >= 4 is 44.6 Å². The summed E-state index contributed by atoms with van der Waals surface area (Å²) in [5, 5.41) is 13.2. The van der Waals surface area contributed by atoms with Crippen molar-refractivity contribution in [3.63, 3.8) is 0 Å². The van der Waals surface area contributed by atoms with Crippen LogP contribution in [-0.2, 0) is 28.3 Å². The fourth-order valence-corrected chi connectivity index (χ4v) is 10.8. The van der Waals surface area contributed by atoms with Crippen molar-refractivity contribution in [1.82, 2.24) is 4.72 Å². The highest BCUT2D eigenvalue weighted by molar-refractivity contribution is 7.90. The van der Waals surface area contributed by atoms with E-state index in [0.717, 1.165) is 47.7 Å². The molecule has 1 amide bonds. The van der Waals surface area contributed by atoms with Crippen molar-refractivity contribution in [2.24, 2.45) is 17.8 Å². The molecule has 1 fully saturated rings. The topological polar surface area (TPSA) is 95.9 Å². The molecule has 0 unspecified atom stereocenters. The summed E-state index contributed by atoms with van der Waals surface area (Å²) in [5.74, 6) is 0.144. The zero-order chi connectivity index (χ0) is 32.1. The fourth-order valence-electron chi connectivity index (χ4n) is 8.04. The van der Waals surface area contributed by atoms with E-state index in [2.05, 4.69) is 21.8 Å². The molecule has 1 aromatic heterocycles. The van der Waals surface area contributed by atoms with Gasteiger partial charge < -0.3 is 14.7 Å². The number of allylic oxidation sites excluding steroid dienone is 1. The number of carbonyl (C=O) groups is 1.